The topological polar surface area (TPSA) is 90.5 Å². The van der Waals surface area contributed by atoms with Crippen LogP contribution in [0.4, 0.5) is 17.1 Å². The second-order valence-corrected chi connectivity index (χ2v) is 12.1. The smallest absolute Gasteiger partial charge is 0.258 e. The highest BCUT2D eigenvalue weighted by Crippen LogP contribution is 2.39. The third-order valence-electron chi connectivity index (χ3n) is 7.24. The number of fused-ring (bicyclic) bond motifs is 1. The van der Waals surface area contributed by atoms with Crippen LogP contribution in [0, 0.1) is 5.92 Å². The Morgan fingerprint density at radius 2 is 1.66 bits per heavy atom. The normalized spacial score (nSPS) is 17.6. The lowest BCUT2D eigenvalue weighted by molar-refractivity contribution is -0.110. The van der Waals surface area contributed by atoms with Gasteiger partial charge in [0.15, 0.2) is 0 Å². The largest absolute Gasteiger partial charge is 0.354 e. The van der Waals surface area contributed by atoms with Gasteiger partial charge in [0.2, 0.25) is 10.0 Å². The average molecular weight is 531 g/mol. The molecule has 2 aliphatic rings. The summed E-state index contributed by atoms with van der Waals surface area (Å²) < 4.78 is 26.9. The van der Waals surface area contributed by atoms with Gasteiger partial charge >= 0.3 is 0 Å². The van der Waals surface area contributed by atoms with Crippen molar-refractivity contribution in [3.63, 3.8) is 0 Å². The molecule has 0 unspecified atom stereocenters. The van der Waals surface area contributed by atoms with Crippen molar-refractivity contribution in [2.24, 2.45) is 5.92 Å². The Labute approximate surface area is 225 Å². The molecular weight excluding hydrogens is 496 g/mol. The maximum Gasteiger partial charge on any atom is 0.258 e. The van der Waals surface area contributed by atoms with Crippen LogP contribution in [-0.4, -0.2) is 38.1 Å². The summed E-state index contributed by atoms with van der Waals surface area (Å²) >= 11 is 0. The van der Waals surface area contributed by atoms with E-state index in [1.807, 2.05) is 42.5 Å². The Kier molecular flexibility index (Phi) is 7.53. The molecule has 3 aromatic carbocycles. The molecule has 5 rings (SSSR count). The van der Waals surface area contributed by atoms with Gasteiger partial charge in [-0.1, -0.05) is 49.4 Å². The van der Waals surface area contributed by atoms with Crippen LogP contribution >= 0.6 is 0 Å². The monoisotopic (exact) mass is 530 g/mol. The molecule has 0 atom stereocenters. The highest BCUT2D eigenvalue weighted by atomic mass is 32.2. The van der Waals surface area contributed by atoms with Crippen molar-refractivity contribution < 1.29 is 13.2 Å². The van der Waals surface area contributed by atoms with Crippen molar-refractivity contribution in [2.45, 2.75) is 33.2 Å². The lowest BCUT2D eigenvalue weighted by Gasteiger charge is -2.30. The van der Waals surface area contributed by atoms with Gasteiger partial charge < -0.3 is 10.6 Å². The van der Waals surface area contributed by atoms with Gasteiger partial charge in [0.05, 0.1) is 17.0 Å². The van der Waals surface area contributed by atoms with E-state index in [4.69, 9.17) is 0 Å². The summed E-state index contributed by atoms with van der Waals surface area (Å²) in [4.78, 5) is 15.7. The van der Waals surface area contributed by atoms with Gasteiger partial charge in [0.1, 0.15) is 0 Å². The number of carbonyl (C=O) groups excluding carboxylic acids is 1. The molecule has 2 heterocycles. The molecule has 198 valence electrons. The number of rotatable bonds is 8. The van der Waals surface area contributed by atoms with Crippen LogP contribution in [0.5, 0.6) is 0 Å². The zero-order valence-electron chi connectivity index (χ0n) is 21.8. The number of likely N-dealkylation sites (tertiary alicyclic amines) is 1. The maximum atomic E-state index is 13.2. The second kappa shape index (κ2) is 11.0. The number of piperidine rings is 1. The molecule has 0 aromatic heterocycles. The first-order chi connectivity index (χ1) is 18.3. The number of carbonyl (C=O) groups is 1. The minimum atomic E-state index is -3.45. The molecule has 0 bridgehead atoms. The summed E-state index contributed by atoms with van der Waals surface area (Å²) in [5.41, 5.74) is 5.83. The lowest BCUT2D eigenvalue weighted by Crippen LogP contribution is -2.32. The van der Waals surface area contributed by atoms with Crippen LogP contribution in [0.3, 0.4) is 0 Å². The minimum Gasteiger partial charge on any atom is -0.354 e. The number of benzene rings is 3. The predicted octanol–water partition coefficient (Wildman–Crippen LogP) is 5.61. The molecule has 1 amide bonds. The molecule has 0 aliphatic carbocycles. The molecular formula is C30H34N4O3S. The van der Waals surface area contributed by atoms with Gasteiger partial charge in [-0.2, -0.15) is 0 Å². The molecule has 3 aromatic rings. The molecule has 8 heteroatoms. The zero-order chi connectivity index (χ0) is 26.7. The number of sulfonamides is 1. The van der Waals surface area contributed by atoms with E-state index in [-0.39, 0.29) is 11.7 Å². The predicted molar refractivity (Wildman–Crippen MR) is 155 cm³/mol. The fraction of sp³-hybridized carbons (Fsp3) is 0.300. The van der Waals surface area contributed by atoms with Gasteiger partial charge in [-0.3, -0.25) is 14.4 Å². The Morgan fingerprint density at radius 3 is 2.34 bits per heavy atom. The SMILES string of the molecule is CCS(=O)(=O)Nc1ccc2c(c1)/C(=C(/Nc1ccc(CN3CCC(C)CC3)cc1)c1ccccc1)C(=O)N2. The molecule has 0 spiro atoms. The standard InChI is InChI=1S/C30H34N4O3S/c1-3-38(36,37)33-25-13-14-27-26(19-25)28(30(35)32-27)29(23-7-5-4-6-8-23)31-24-11-9-22(10-12-24)20-34-17-15-21(2)16-18-34/h4-14,19,21,31,33H,3,15-18,20H2,1-2H3,(H,32,35)/b29-28-. The van der Waals surface area contributed by atoms with E-state index in [1.54, 1.807) is 25.1 Å². The van der Waals surface area contributed by atoms with Gasteiger partial charge in [0, 0.05) is 29.2 Å². The van der Waals surface area contributed by atoms with Gasteiger partial charge in [-0.15, -0.1) is 0 Å². The number of anilines is 3. The molecule has 0 saturated carbocycles. The van der Waals surface area contributed by atoms with Crippen molar-refractivity contribution in [3.8, 4) is 0 Å². The van der Waals surface area contributed by atoms with E-state index < -0.39 is 10.0 Å². The zero-order valence-corrected chi connectivity index (χ0v) is 22.6. The fourth-order valence-electron chi connectivity index (χ4n) is 4.93. The summed E-state index contributed by atoms with van der Waals surface area (Å²) in [5.74, 6) is 0.536. The van der Waals surface area contributed by atoms with Crippen molar-refractivity contribution in [1.29, 1.82) is 0 Å². The van der Waals surface area contributed by atoms with Crippen LogP contribution in [0.1, 0.15) is 43.4 Å². The molecule has 1 saturated heterocycles. The third kappa shape index (κ3) is 5.92. The summed E-state index contributed by atoms with van der Waals surface area (Å²) in [5, 5.41) is 6.42. The van der Waals surface area contributed by atoms with Crippen molar-refractivity contribution in [3.05, 3.63) is 89.5 Å². The fourth-order valence-corrected chi connectivity index (χ4v) is 5.56. The van der Waals surface area contributed by atoms with Crippen LogP contribution < -0.4 is 15.4 Å². The van der Waals surface area contributed by atoms with Crippen LogP contribution in [0.15, 0.2) is 72.8 Å². The first-order valence-corrected chi connectivity index (χ1v) is 14.8. The maximum absolute atomic E-state index is 13.2. The van der Waals surface area contributed by atoms with Gasteiger partial charge in [-0.25, -0.2) is 8.42 Å². The number of nitrogens with zero attached hydrogens (tertiary/aromatic N) is 1. The van der Waals surface area contributed by atoms with Crippen LogP contribution in [0.2, 0.25) is 0 Å². The number of amides is 1. The van der Waals surface area contributed by atoms with Crippen LogP contribution in [0.25, 0.3) is 11.3 Å². The molecule has 3 N–H and O–H groups in total. The van der Waals surface area contributed by atoms with Gasteiger partial charge in [-0.05, 0) is 80.2 Å². The highest BCUT2D eigenvalue weighted by Gasteiger charge is 2.29. The average Bonchev–Trinajstić information content (AvgIpc) is 3.24. The first-order valence-electron chi connectivity index (χ1n) is 13.2. The van der Waals surface area contributed by atoms with Gasteiger partial charge in [0.25, 0.3) is 5.91 Å². The molecule has 38 heavy (non-hydrogen) atoms. The van der Waals surface area contributed by atoms with Crippen LogP contribution in [-0.2, 0) is 21.4 Å². The third-order valence-corrected chi connectivity index (χ3v) is 8.54. The molecule has 1 fully saturated rings. The van der Waals surface area contributed by atoms with Crippen molar-refractivity contribution >= 4 is 44.3 Å². The quantitative estimate of drug-likeness (QED) is 0.329. The Balaban J connectivity index is 1.47. The summed E-state index contributed by atoms with van der Waals surface area (Å²) in [6.07, 6.45) is 2.50. The summed E-state index contributed by atoms with van der Waals surface area (Å²) in [7, 11) is -3.45. The van der Waals surface area contributed by atoms with E-state index in [9.17, 15) is 13.2 Å². The summed E-state index contributed by atoms with van der Waals surface area (Å²) in [6, 6.07) is 23.2. The highest BCUT2D eigenvalue weighted by molar-refractivity contribution is 7.92. The minimum absolute atomic E-state index is 0.0341. The van der Waals surface area contributed by atoms with E-state index in [2.05, 4.69) is 39.3 Å². The van der Waals surface area contributed by atoms with E-state index in [0.717, 1.165) is 36.8 Å². The van der Waals surface area contributed by atoms with E-state index in [0.29, 0.717) is 28.2 Å². The van der Waals surface area contributed by atoms with Crippen molar-refractivity contribution in [2.75, 3.05) is 34.2 Å². The Morgan fingerprint density at radius 1 is 0.974 bits per heavy atom. The number of hydrogen-bond donors (Lipinski definition) is 3. The summed E-state index contributed by atoms with van der Waals surface area (Å²) in [6.45, 7) is 7.12. The first kappa shape index (κ1) is 26.0. The number of nitrogens with one attached hydrogen (secondary N) is 3. The van der Waals surface area contributed by atoms with E-state index >= 15 is 0 Å². The Bertz CT molecular complexity index is 1440. The molecule has 2 aliphatic heterocycles. The second-order valence-electron chi connectivity index (χ2n) is 10.1. The lowest BCUT2D eigenvalue weighted by atomic mass is 9.98. The molecule has 7 nitrogen and oxygen atoms in total. The van der Waals surface area contributed by atoms with Crippen molar-refractivity contribution in [1.82, 2.24) is 4.90 Å². The molecule has 0 radical (unpaired) electrons. The van der Waals surface area contributed by atoms with E-state index in [1.165, 1.54) is 18.4 Å². The Hall–Kier alpha value is -3.62. The number of hydrogen-bond acceptors (Lipinski definition) is 5.